The van der Waals surface area contributed by atoms with Crippen molar-refractivity contribution in [3.8, 4) is 0 Å². The van der Waals surface area contributed by atoms with Crippen molar-refractivity contribution in [2.75, 3.05) is 0 Å². The van der Waals surface area contributed by atoms with Gasteiger partial charge in [0.1, 0.15) is 6.10 Å². The molecule has 0 fully saturated rings. The Balaban J connectivity index is 2.73. The van der Waals surface area contributed by atoms with Crippen molar-refractivity contribution in [1.82, 2.24) is 14.5 Å². The number of aromatic amines is 2. The van der Waals surface area contributed by atoms with Crippen molar-refractivity contribution in [3.63, 3.8) is 0 Å². The molecule has 0 saturated heterocycles. The zero-order chi connectivity index (χ0) is 13.7. The Kier molecular flexibility index (Phi) is 4.41. The number of aromatic nitrogens is 3. The van der Waals surface area contributed by atoms with E-state index in [1.54, 1.807) is 6.92 Å². The van der Waals surface area contributed by atoms with Gasteiger partial charge in [-0.15, -0.1) is 0 Å². The van der Waals surface area contributed by atoms with E-state index in [0.29, 0.717) is 0 Å². The fraction of sp³-hybridized carbons (Fsp3) is 0.400. The summed E-state index contributed by atoms with van der Waals surface area (Å²) in [5, 5.41) is 0. The predicted octanol–water partition coefficient (Wildman–Crippen LogP) is -1.27. The highest BCUT2D eigenvalue weighted by Crippen LogP contribution is 1.98. The second kappa shape index (κ2) is 5.80. The molecular formula is C10H13N3O5. The average Bonchev–Trinajstić information content (AvgIpc) is 2.27. The minimum absolute atomic E-state index is 0.0243. The Labute approximate surface area is 101 Å². The van der Waals surface area contributed by atoms with Gasteiger partial charge in [-0.25, -0.2) is 23.7 Å². The lowest BCUT2D eigenvalue weighted by Gasteiger charge is -2.11. The summed E-state index contributed by atoms with van der Waals surface area (Å²) in [5.74, 6) is -0.578. The van der Waals surface area contributed by atoms with Gasteiger partial charge in [-0.05, 0) is 6.92 Å². The number of hydrogen-bond acceptors (Lipinski definition) is 5. The summed E-state index contributed by atoms with van der Waals surface area (Å²) in [6, 6.07) is 0. The zero-order valence-electron chi connectivity index (χ0n) is 9.76. The van der Waals surface area contributed by atoms with Crippen LogP contribution in [0.4, 0.5) is 0 Å². The van der Waals surface area contributed by atoms with E-state index in [2.05, 4.69) is 6.58 Å². The third-order valence-corrected chi connectivity index (χ3v) is 2.17. The van der Waals surface area contributed by atoms with Crippen LogP contribution in [0.2, 0.25) is 0 Å². The van der Waals surface area contributed by atoms with Crippen LogP contribution in [0.1, 0.15) is 13.3 Å². The Morgan fingerprint density at radius 2 is 1.94 bits per heavy atom. The normalized spacial score (nSPS) is 11.8. The van der Waals surface area contributed by atoms with Crippen molar-refractivity contribution in [3.05, 3.63) is 44.1 Å². The molecule has 98 valence electrons. The molecule has 1 aromatic rings. The van der Waals surface area contributed by atoms with Crippen LogP contribution in [0.15, 0.2) is 27.0 Å². The van der Waals surface area contributed by atoms with Gasteiger partial charge in [-0.2, -0.15) is 0 Å². The van der Waals surface area contributed by atoms with Gasteiger partial charge in [0.15, 0.2) is 0 Å². The van der Waals surface area contributed by atoms with Crippen LogP contribution < -0.4 is 17.1 Å². The maximum Gasteiger partial charge on any atom is 0.333 e. The number of nitrogens with zero attached hydrogens (tertiary/aromatic N) is 1. The molecule has 2 N–H and O–H groups in total. The van der Waals surface area contributed by atoms with Gasteiger partial charge in [0, 0.05) is 19.0 Å². The SMILES string of the molecule is C=CC(=O)OC(C)CCn1c(=O)[nH]c(=O)[nH]c1=O. The summed E-state index contributed by atoms with van der Waals surface area (Å²) in [5.41, 5.74) is -2.45. The van der Waals surface area contributed by atoms with E-state index in [4.69, 9.17) is 4.74 Å². The highest BCUT2D eigenvalue weighted by molar-refractivity contribution is 5.81. The second-order valence-electron chi connectivity index (χ2n) is 3.58. The zero-order valence-corrected chi connectivity index (χ0v) is 9.76. The van der Waals surface area contributed by atoms with E-state index in [1.807, 2.05) is 9.97 Å². The Hall–Kier alpha value is -2.38. The molecule has 1 atom stereocenters. The number of rotatable bonds is 5. The monoisotopic (exact) mass is 255 g/mol. The lowest BCUT2D eigenvalue weighted by atomic mass is 10.3. The average molecular weight is 255 g/mol. The fourth-order valence-electron chi connectivity index (χ4n) is 1.27. The van der Waals surface area contributed by atoms with E-state index in [9.17, 15) is 19.2 Å². The molecule has 0 radical (unpaired) electrons. The van der Waals surface area contributed by atoms with Crippen LogP contribution >= 0.6 is 0 Å². The molecule has 1 aromatic heterocycles. The largest absolute Gasteiger partial charge is 0.459 e. The van der Waals surface area contributed by atoms with Crippen LogP contribution in [-0.4, -0.2) is 26.6 Å². The topological polar surface area (TPSA) is 114 Å². The number of ether oxygens (including phenoxy) is 1. The van der Waals surface area contributed by atoms with Gasteiger partial charge in [0.2, 0.25) is 0 Å². The number of hydrogen-bond donors (Lipinski definition) is 2. The molecule has 0 aliphatic heterocycles. The third-order valence-electron chi connectivity index (χ3n) is 2.17. The number of carbonyl (C=O) groups excluding carboxylic acids is 1. The maximum absolute atomic E-state index is 11.3. The van der Waals surface area contributed by atoms with Crippen LogP contribution in [0, 0.1) is 0 Å². The highest BCUT2D eigenvalue weighted by atomic mass is 16.5. The van der Waals surface area contributed by atoms with Crippen LogP contribution in [0.3, 0.4) is 0 Å². The molecule has 1 heterocycles. The summed E-state index contributed by atoms with van der Waals surface area (Å²) in [6.07, 6.45) is 0.804. The third kappa shape index (κ3) is 3.58. The molecular weight excluding hydrogens is 242 g/mol. The van der Waals surface area contributed by atoms with E-state index < -0.39 is 29.1 Å². The molecule has 8 heteroatoms. The van der Waals surface area contributed by atoms with Crippen molar-refractivity contribution < 1.29 is 9.53 Å². The Morgan fingerprint density at radius 1 is 1.39 bits per heavy atom. The first-order valence-electron chi connectivity index (χ1n) is 5.20. The molecule has 1 unspecified atom stereocenters. The highest BCUT2D eigenvalue weighted by Gasteiger charge is 2.09. The van der Waals surface area contributed by atoms with Crippen molar-refractivity contribution in [1.29, 1.82) is 0 Å². The van der Waals surface area contributed by atoms with Gasteiger partial charge < -0.3 is 4.74 Å². The lowest BCUT2D eigenvalue weighted by molar-refractivity contribution is -0.142. The lowest BCUT2D eigenvalue weighted by Crippen LogP contribution is -2.43. The number of carbonyl (C=O) groups is 1. The molecule has 0 aromatic carbocycles. The van der Waals surface area contributed by atoms with Gasteiger partial charge in [-0.1, -0.05) is 6.58 Å². The molecule has 1 rings (SSSR count). The number of nitrogens with one attached hydrogen (secondary N) is 2. The van der Waals surface area contributed by atoms with Crippen molar-refractivity contribution >= 4 is 5.97 Å². The molecule has 0 aliphatic rings. The first kappa shape index (κ1) is 13.7. The minimum Gasteiger partial charge on any atom is -0.459 e. The van der Waals surface area contributed by atoms with Crippen molar-refractivity contribution in [2.45, 2.75) is 26.0 Å². The van der Waals surface area contributed by atoms with Crippen LogP contribution in [0.5, 0.6) is 0 Å². The van der Waals surface area contributed by atoms with Gasteiger partial charge in [0.25, 0.3) is 0 Å². The number of esters is 1. The second-order valence-corrected chi connectivity index (χ2v) is 3.58. The maximum atomic E-state index is 11.3. The Bertz CT molecular complexity index is 575. The summed E-state index contributed by atoms with van der Waals surface area (Å²) >= 11 is 0. The molecule has 0 aliphatic carbocycles. The molecule has 0 amide bonds. The summed E-state index contributed by atoms with van der Waals surface area (Å²) in [6.45, 7) is 4.89. The summed E-state index contributed by atoms with van der Waals surface area (Å²) in [4.78, 5) is 48.2. The Morgan fingerprint density at radius 3 is 2.44 bits per heavy atom. The van der Waals surface area contributed by atoms with Gasteiger partial charge >= 0.3 is 23.0 Å². The van der Waals surface area contributed by atoms with Gasteiger partial charge in [-0.3, -0.25) is 9.97 Å². The minimum atomic E-state index is -0.854. The van der Waals surface area contributed by atoms with Crippen LogP contribution in [-0.2, 0) is 16.1 Å². The molecule has 0 spiro atoms. The predicted molar refractivity (Wildman–Crippen MR) is 62.3 cm³/mol. The fourth-order valence-corrected chi connectivity index (χ4v) is 1.27. The van der Waals surface area contributed by atoms with E-state index in [1.165, 1.54) is 0 Å². The quantitative estimate of drug-likeness (QED) is 0.503. The first-order chi connectivity index (χ1) is 8.43. The van der Waals surface area contributed by atoms with Crippen LogP contribution in [0.25, 0.3) is 0 Å². The smallest absolute Gasteiger partial charge is 0.333 e. The van der Waals surface area contributed by atoms with E-state index in [-0.39, 0.29) is 13.0 Å². The van der Waals surface area contributed by atoms with E-state index in [0.717, 1.165) is 10.6 Å². The van der Waals surface area contributed by atoms with E-state index >= 15 is 0 Å². The molecule has 0 saturated carbocycles. The molecule has 18 heavy (non-hydrogen) atoms. The number of H-pyrrole nitrogens is 2. The standard InChI is InChI=1S/C10H13N3O5/c1-3-7(14)18-6(2)4-5-13-9(16)11-8(15)12-10(13)17/h3,6H,1,4-5H2,2H3,(H2,11,12,15,16,17). The molecule has 8 nitrogen and oxygen atoms in total. The summed E-state index contributed by atoms with van der Waals surface area (Å²) < 4.78 is 5.69. The summed E-state index contributed by atoms with van der Waals surface area (Å²) in [7, 11) is 0. The first-order valence-corrected chi connectivity index (χ1v) is 5.20. The van der Waals surface area contributed by atoms with Crippen molar-refractivity contribution in [2.24, 2.45) is 0 Å². The van der Waals surface area contributed by atoms with Gasteiger partial charge in [0.05, 0.1) is 0 Å². The molecule has 0 bridgehead atoms.